The van der Waals surface area contributed by atoms with Crippen molar-refractivity contribution < 1.29 is 9.53 Å². The van der Waals surface area contributed by atoms with Gasteiger partial charge in [0.25, 0.3) is 0 Å². The van der Waals surface area contributed by atoms with Crippen molar-refractivity contribution >= 4 is 16.7 Å². The summed E-state index contributed by atoms with van der Waals surface area (Å²) in [5.74, 6) is 0.994. The Morgan fingerprint density at radius 1 is 1.38 bits per heavy atom. The van der Waals surface area contributed by atoms with Crippen LogP contribution in [-0.4, -0.2) is 17.5 Å². The number of ketones is 1. The van der Waals surface area contributed by atoms with Gasteiger partial charge in [0.1, 0.15) is 5.75 Å². The molecule has 0 fully saturated rings. The van der Waals surface area contributed by atoms with Gasteiger partial charge in [-0.15, -0.1) is 0 Å². The Morgan fingerprint density at radius 2 is 2.12 bits per heavy atom. The average molecular weight is 217 g/mol. The van der Waals surface area contributed by atoms with Crippen LogP contribution in [0.3, 0.4) is 0 Å². The standard InChI is InChI=1S/C13H15NO2/c1-9(10(2)15)14-7-6-11-8-12(16-3)4-5-13(11)14/h4-9H,1-3H3. The smallest absolute Gasteiger partial charge is 0.152 e. The molecule has 84 valence electrons. The molecule has 0 saturated heterocycles. The van der Waals surface area contributed by atoms with E-state index in [2.05, 4.69) is 0 Å². The maximum Gasteiger partial charge on any atom is 0.152 e. The van der Waals surface area contributed by atoms with E-state index in [1.807, 2.05) is 42.0 Å². The van der Waals surface area contributed by atoms with E-state index in [0.717, 1.165) is 16.7 Å². The second-order valence-corrected chi connectivity index (χ2v) is 3.93. The predicted molar refractivity (Wildman–Crippen MR) is 63.9 cm³/mol. The molecule has 16 heavy (non-hydrogen) atoms. The highest BCUT2D eigenvalue weighted by Crippen LogP contribution is 2.24. The molecule has 0 N–H and O–H groups in total. The number of hydrogen-bond donors (Lipinski definition) is 0. The molecule has 0 aliphatic heterocycles. The molecular weight excluding hydrogens is 202 g/mol. The first-order valence-electron chi connectivity index (χ1n) is 5.28. The quantitative estimate of drug-likeness (QED) is 0.791. The van der Waals surface area contributed by atoms with Crippen LogP contribution >= 0.6 is 0 Å². The molecule has 2 aromatic rings. The number of hydrogen-bond acceptors (Lipinski definition) is 2. The molecule has 0 saturated carbocycles. The third kappa shape index (κ3) is 1.69. The number of benzene rings is 1. The minimum Gasteiger partial charge on any atom is -0.497 e. The fourth-order valence-corrected chi connectivity index (χ4v) is 1.80. The fraction of sp³-hybridized carbons (Fsp3) is 0.308. The summed E-state index contributed by atoms with van der Waals surface area (Å²) in [5.41, 5.74) is 1.06. The molecule has 0 amide bonds. The summed E-state index contributed by atoms with van der Waals surface area (Å²) in [5, 5.41) is 1.09. The van der Waals surface area contributed by atoms with Crippen LogP contribution in [0.4, 0.5) is 0 Å². The molecule has 1 heterocycles. The Hall–Kier alpha value is -1.77. The minimum atomic E-state index is -0.120. The van der Waals surface area contributed by atoms with Crippen molar-refractivity contribution in [2.45, 2.75) is 19.9 Å². The fourth-order valence-electron chi connectivity index (χ4n) is 1.80. The van der Waals surface area contributed by atoms with Gasteiger partial charge in [0, 0.05) is 17.1 Å². The lowest BCUT2D eigenvalue weighted by molar-refractivity contribution is -0.119. The van der Waals surface area contributed by atoms with E-state index in [-0.39, 0.29) is 11.8 Å². The van der Waals surface area contributed by atoms with Gasteiger partial charge in [0.05, 0.1) is 13.2 Å². The predicted octanol–water partition coefficient (Wildman–Crippen LogP) is 2.80. The summed E-state index contributed by atoms with van der Waals surface area (Å²) in [4.78, 5) is 11.4. The van der Waals surface area contributed by atoms with E-state index < -0.39 is 0 Å². The van der Waals surface area contributed by atoms with Crippen molar-refractivity contribution in [3.63, 3.8) is 0 Å². The monoisotopic (exact) mass is 217 g/mol. The number of ether oxygens (including phenoxy) is 1. The van der Waals surface area contributed by atoms with E-state index >= 15 is 0 Å². The zero-order valence-corrected chi connectivity index (χ0v) is 9.73. The Kier molecular flexibility index (Phi) is 2.69. The van der Waals surface area contributed by atoms with Gasteiger partial charge in [0.15, 0.2) is 5.78 Å². The summed E-state index contributed by atoms with van der Waals surface area (Å²) in [6.07, 6.45) is 1.94. The summed E-state index contributed by atoms with van der Waals surface area (Å²) in [6, 6.07) is 7.74. The van der Waals surface area contributed by atoms with Gasteiger partial charge in [0.2, 0.25) is 0 Å². The van der Waals surface area contributed by atoms with Crippen LogP contribution in [0.1, 0.15) is 19.9 Å². The number of carbonyl (C=O) groups is 1. The van der Waals surface area contributed by atoms with E-state index in [0.29, 0.717) is 0 Å². The van der Waals surface area contributed by atoms with Crippen molar-refractivity contribution in [2.75, 3.05) is 7.11 Å². The second-order valence-electron chi connectivity index (χ2n) is 3.93. The van der Waals surface area contributed by atoms with Crippen LogP contribution < -0.4 is 4.74 Å². The summed E-state index contributed by atoms with van der Waals surface area (Å²) >= 11 is 0. The molecule has 2 rings (SSSR count). The molecule has 1 aromatic heterocycles. The average Bonchev–Trinajstić information content (AvgIpc) is 2.70. The first-order chi connectivity index (χ1) is 7.63. The topological polar surface area (TPSA) is 31.2 Å². The lowest BCUT2D eigenvalue weighted by Gasteiger charge is -2.11. The third-order valence-electron chi connectivity index (χ3n) is 2.93. The molecule has 0 aliphatic carbocycles. The van der Waals surface area contributed by atoms with Crippen LogP contribution in [0.5, 0.6) is 5.75 Å². The highest BCUT2D eigenvalue weighted by atomic mass is 16.5. The molecule has 0 radical (unpaired) electrons. The minimum absolute atomic E-state index is 0.120. The Labute approximate surface area is 94.6 Å². The zero-order valence-electron chi connectivity index (χ0n) is 9.73. The summed E-state index contributed by atoms with van der Waals surface area (Å²) in [7, 11) is 1.65. The van der Waals surface area contributed by atoms with Crippen molar-refractivity contribution in [1.29, 1.82) is 0 Å². The number of nitrogens with zero attached hydrogens (tertiary/aromatic N) is 1. The Bertz CT molecular complexity index is 528. The van der Waals surface area contributed by atoms with Gasteiger partial charge in [-0.25, -0.2) is 0 Å². The summed E-state index contributed by atoms with van der Waals surface area (Å²) < 4.78 is 7.15. The van der Waals surface area contributed by atoms with Gasteiger partial charge >= 0.3 is 0 Å². The van der Waals surface area contributed by atoms with E-state index in [4.69, 9.17) is 4.74 Å². The van der Waals surface area contributed by atoms with Crippen molar-refractivity contribution in [3.8, 4) is 5.75 Å². The normalized spacial score (nSPS) is 12.7. The van der Waals surface area contributed by atoms with Crippen LogP contribution in [0.25, 0.3) is 10.9 Å². The molecule has 3 heteroatoms. The number of methoxy groups -OCH3 is 1. The van der Waals surface area contributed by atoms with Crippen molar-refractivity contribution in [3.05, 3.63) is 30.5 Å². The highest BCUT2D eigenvalue weighted by molar-refractivity contribution is 5.86. The third-order valence-corrected chi connectivity index (χ3v) is 2.93. The maximum absolute atomic E-state index is 11.4. The van der Waals surface area contributed by atoms with Crippen molar-refractivity contribution in [1.82, 2.24) is 4.57 Å². The summed E-state index contributed by atoms with van der Waals surface area (Å²) in [6.45, 7) is 3.52. The number of rotatable bonds is 3. The van der Waals surface area contributed by atoms with Crippen LogP contribution in [-0.2, 0) is 4.79 Å². The molecule has 3 nitrogen and oxygen atoms in total. The SMILES string of the molecule is COc1ccc2c(ccn2C(C)C(C)=O)c1. The maximum atomic E-state index is 11.4. The van der Waals surface area contributed by atoms with Gasteiger partial charge < -0.3 is 9.30 Å². The molecular formula is C13H15NO2. The Balaban J connectivity index is 2.53. The molecule has 1 atom stereocenters. The highest BCUT2D eigenvalue weighted by Gasteiger charge is 2.12. The van der Waals surface area contributed by atoms with Crippen LogP contribution in [0.15, 0.2) is 30.5 Å². The molecule has 0 spiro atoms. The van der Waals surface area contributed by atoms with Gasteiger partial charge in [-0.3, -0.25) is 4.79 Å². The van der Waals surface area contributed by atoms with Crippen molar-refractivity contribution in [2.24, 2.45) is 0 Å². The molecule has 1 unspecified atom stereocenters. The van der Waals surface area contributed by atoms with Crippen LogP contribution in [0.2, 0.25) is 0 Å². The van der Waals surface area contributed by atoms with Gasteiger partial charge in [-0.05, 0) is 38.1 Å². The van der Waals surface area contributed by atoms with Crippen LogP contribution in [0, 0.1) is 0 Å². The Morgan fingerprint density at radius 3 is 2.75 bits per heavy atom. The van der Waals surface area contributed by atoms with Gasteiger partial charge in [-0.2, -0.15) is 0 Å². The van der Waals surface area contributed by atoms with E-state index in [1.54, 1.807) is 14.0 Å². The molecule has 0 bridgehead atoms. The molecule has 0 aliphatic rings. The first-order valence-corrected chi connectivity index (χ1v) is 5.28. The van der Waals surface area contributed by atoms with Gasteiger partial charge in [-0.1, -0.05) is 0 Å². The van der Waals surface area contributed by atoms with E-state index in [9.17, 15) is 4.79 Å². The second kappa shape index (κ2) is 4.00. The molecule has 1 aromatic carbocycles. The lowest BCUT2D eigenvalue weighted by atomic mass is 10.2. The number of carbonyl (C=O) groups excluding carboxylic acids is 1. The zero-order chi connectivity index (χ0) is 11.7. The first kappa shape index (κ1) is 10.7. The largest absolute Gasteiger partial charge is 0.497 e. The number of Topliss-reactive ketones (excluding diaryl/α,β-unsaturated/α-hetero) is 1. The lowest BCUT2D eigenvalue weighted by Crippen LogP contribution is -2.11. The number of fused-ring (bicyclic) bond motifs is 1. The number of aromatic nitrogens is 1. The van der Waals surface area contributed by atoms with E-state index in [1.165, 1.54) is 0 Å².